The van der Waals surface area contributed by atoms with Gasteiger partial charge in [0.15, 0.2) is 0 Å². The van der Waals surface area contributed by atoms with Gasteiger partial charge in [0.25, 0.3) is 0 Å². The van der Waals surface area contributed by atoms with Crippen molar-refractivity contribution in [3.05, 3.63) is 35.4 Å². The Balaban J connectivity index is 2.43. The van der Waals surface area contributed by atoms with Crippen molar-refractivity contribution >= 4 is 19.1 Å². The number of nitrogens with one attached hydrogen (secondary N) is 1. The van der Waals surface area contributed by atoms with E-state index in [2.05, 4.69) is 60.1 Å². The van der Waals surface area contributed by atoms with Crippen molar-refractivity contribution in [1.29, 1.82) is 0 Å². The molecule has 0 radical (unpaired) electrons. The molecule has 4 heteroatoms. The van der Waals surface area contributed by atoms with Gasteiger partial charge in [-0.2, -0.15) is 0 Å². The minimum Gasteiger partial charge on any atom is -0.242 e. The quantitative estimate of drug-likeness (QED) is 0.621. The highest BCUT2D eigenvalue weighted by Crippen LogP contribution is 2.38. The summed E-state index contributed by atoms with van der Waals surface area (Å²) >= 11 is 0. The molecule has 0 saturated heterocycles. The van der Waals surface area contributed by atoms with E-state index in [1.54, 1.807) is 0 Å². The molecule has 0 fully saturated rings. The molecule has 1 aromatic carbocycles. The third kappa shape index (κ3) is 4.81. The molecule has 0 spiro atoms. The van der Waals surface area contributed by atoms with Gasteiger partial charge in [-0.15, -0.1) is 11.5 Å². The molecule has 1 aromatic rings. The van der Waals surface area contributed by atoms with Crippen molar-refractivity contribution in [2.24, 2.45) is 0 Å². The van der Waals surface area contributed by atoms with E-state index < -0.39 is 19.1 Å². The van der Waals surface area contributed by atoms with Crippen LogP contribution in [0, 0.1) is 11.5 Å². The second-order valence-corrected chi connectivity index (χ2v) is 15.5. The van der Waals surface area contributed by atoms with Crippen LogP contribution < -0.4 is 4.72 Å². The Hall–Kier alpha value is -0.893. The number of rotatable bonds is 3. The lowest BCUT2D eigenvalue weighted by Crippen LogP contribution is -2.49. The molecule has 0 aliphatic heterocycles. The summed E-state index contributed by atoms with van der Waals surface area (Å²) in [6.45, 7) is 12.9. The molecule has 0 saturated carbocycles. The molecule has 24 heavy (non-hydrogen) atoms. The Morgan fingerprint density at radius 2 is 1.92 bits per heavy atom. The molecule has 2 nitrogen and oxygen atoms in total. The van der Waals surface area contributed by atoms with E-state index in [-0.39, 0.29) is 10.3 Å². The number of benzene rings is 1. The van der Waals surface area contributed by atoms with Crippen molar-refractivity contribution in [3.8, 4) is 11.5 Å². The molecule has 0 unspecified atom stereocenters. The molecular weight excluding hydrogens is 330 g/mol. The molecule has 1 N–H and O–H groups in total. The summed E-state index contributed by atoms with van der Waals surface area (Å²) in [6, 6.07) is 8.59. The predicted octanol–water partition coefficient (Wildman–Crippen LogP) is 4.54. The molecule has 132 valence electrons. The predicted molar refractivity (Wildman–Crippen MR) is 108 cm³/mol. The van der Waals surface area contributed by atoms with Crippen molar-refractivity contribution in [1.82, 2.24) is 4.72 Å². The second kappa shape index (κ2) is 7.15. The first-order chi connectivity index (χ1) is 11.0. The van der Waals surface area contributed by atoms with E-state index in [4.69, 9.17) is 0 Å². The van der Waals surface area contributed by atoms with Crippen LogP contribution in [0.2, 0.25) is 19.6 Å². The molecule has 1 aliphatic carbocycles. The second-order valence-electron chi connectivity index (χ2n) is 8.80. The SMILES string of the molecule is CC(C)(C)[S@](=O)N[C@]1(CC#C[Si](C)(C)C)CCCc2ccccc21. The monoisotopic (exact) mass is 361 g/mol. The summed E-state index contributed by atoms with van der Waals surface area (Å²) in [5.41, 5.74) is 5.86. The van der Waals surface area contributed by atoms with Gasteiger partial charge in [-0.1, -0.05) is 43.9 Å². The van der Waals surface area contributed by atoms with Crippen LogP contribution in [0.4, 0.5) is 0 Å². The van der Waals surface area contributed by atoms with E-state index in [1.165, 1.54) is 11.1 Å². The fourth-order valence-corrected chi connectivity index (χ4v) is 4.60. The fourth-order valence-electron chi connectivity index (χ4n) is 3.04. The zero-order valence-corrected chi connectivity index (χ0v) is 17.8. The average Bonchev–Trinajstić information content (AvgIpc) is 2.45. The van der Waals surface area contributed by atoms with Crippen molar-refractivity contribution in [2.75, 3.05) is 0 Å². The van der Waals surface area contributed by atoms with E-state index in [1.807, 2.05) is 20.8 Å². The summed E-state index contributed by atoms with van der Waals surface area (Å²) < 4.78 is 16.1. The van der Waals surface area contributed by atoms with Crippen LogP contribution in [0.3, 0.4) is 0 Å². The smallest absolute Gasteiger partial charge is 0.129 e. The lowest BCUT2D eigenvalue weighted by atomic mass is 9.75. The van der Waals surface area contributed by atoms with Gasteiger partial charge in [0.05, 0.1) is 21.3 Å². The zero-order chi connectivity index (χ0) is 18.0. The topological polar surface area (TPSA) is 29.1 Å². The minimum absolute atomic E-state index is 0.286. The summed E-state index contributed by atoms with van der Waals surface area (Å²) in [5, 5.41) is 0. The molecule has 0 heterocycles. The maximum absolute atomic E-state index is 12.9. The van der Waals surface area contributed by atoms with E-state index in [0.29, 0.717) is 0 Å². The van der Waals surface area contributed by atoms with E-state index >= 15 is 0 Å². The number of aryl methyl sites for hydroxylation is 1. The summed E-state index contributed by atoms with van der Waals surface area (Å²) in [7, 11) is -2.52. The Kier molecular flexibility index (Phi) is 5.79. The van der Waals surface area contributed by atoms with Gasteiger partial charge in [-0.25, -0.2) is 8.93 Å². The first-order valence-electron chi connectivity index (χ1n) is 8.82. The van der Waals surface area contributed by atoms with Crippen LogP contribution in [0.1, 0.15) is 51.2 Å². The first kappa shape index (κ1) is 19.4. The maximum atomic E-state index is 12.9. The summed E-state index contributed by atoms with van der Waals surface area (Å²) in [6.07, 6.45) is 3.94. The number of hydrogen-bond acceptors (Lipinski definition) is 1. The van der Waals surface area contributed by atoms with Crippen molar-refractivity contribution in [2.45, 2.75) is 76.4 Å². The molecule has 2 rings (SSSR count). The van der Waals surface area contributed by atoms with Crippen LogP contribution in [0.25, 0.3) is 0 Å². The highest BCUT2D eigenvalue weighted by molar-refractivity contribution is 7.84. The zero-order valence-electron chi connectivity index (χ0n) is 16.0. The van der Waals surface area contributed by atoms with Crippen LogP contribution >= 0.6 is 0 Å². The molecule has 0 amide bonds. The lowest BCUT2D eigenvalue weighted by molar-refractivity contribution is 0.345. The van der Waals surface area contributed by atoms with Gasteiger partial charge in [0.1, 0.15) is 8.07 Å². The van der Waals surface area contributed by atoms with Gasteiger partial charge >= 0.3 is 0 Å². The standard InChI is InChI=1S/C20H31NOSSi/c1-19(2,3)23(22)21-20(15-10-16-24(4,5)6)14-9-12-17-11-7-8-13-18(17)20/h7-8,11,13,21H,9,12,14-15H2,1-6H3/t20-,23-/m0/s1. The molecule has 1 aliphatic rings. The van der Waals surface area contributed by atoms with Crippen molar-refractivity contribution in [3.63, 3.8) is 0 Å². The van der Waals surface area contributed by atoms with Crippen molar-refractivity contribution < 1.29 is 4.21 Å². The highest BCUT2D eigenvalue weighted by atomic mass is 32.2. The van der Waals surface area contributed by atoms with Gasteiger partial charge in [0.2, 0.25) is 0 Å². The molecule has 0 aromatic heterocycles. The molecular formula is C20H31NOSSi. The Bertz CT molecular complexity index is 675. The first-order valence-corrected chi connectivity index (χ1v) is 13.5. The van der Waals surface area contributed by atoms with Gasteiger partial charge in [-0.05, 0) is 51.2 Å². The normalized spacial score (nSPS) is 22.2. The Labute approximate surface area is 151 Å². The largest absolute Gasteiger partial charge is 0.242 e. The Morgan fingerprint density at radius 1 is 1.25 bits per heavy atom. The van der Waals surface area contributed by atoms with Gasteiger partial charge in [-0.3, -0.25) is 0 Å². The number of hydrogen-bond donors (Lipinski definition) is 1. The van der Waals surface area contributed by atoms with Gasteiger partial charge < -0.3 is 0 Å². The third-order valence-electron chi connectivity index (χ3n) is 4.28. The molecule has 0 bridgehead atoms. The number of fused-ring (bicyclic) bond motifs is 1. The van der Waals surface area contributed by atoms with Gasteiger partial charge in [0, 0.05) is 6.42 Å². The summed E-state index contributed by atoms with van der Waals surface area (Å²) in [4.78, 5) is 0. The van der Waals surface area contributed by atoms with Crippen LogP contribution in [-0.2, 0) is 22.9 Å². The van der Waals surface area contributed by atoms with Crippen LogP contribution in [-0.4, -0.2) is 17.0 Å². The highest BCUT2D eigenvalue weighted by Gasteiger charge is 2.39. The van der Waals surface area contributed by atoms with E-state index in [0.717, 1.165) is 25.7 Å². The fraction of sp³-hybridized carbons (Fsp3) is 0.600. The maximum Gasteiger partial charge on any atom is 0.129 e. The average molecular weight is 362 g/mol. The van der Waals surface area contributed by atoms with E-state index in [9.17, 15) is 4.21 Å². The Morgan fingerprint density at radius 3 is 2.54 bits per heavy atom. The van der Waals surface area contributed by atoms with Crippen LogP contribution in [0.5, 0.6) is 0 Å². The third-order valence-corrected chi connectivity index (χ3v) is 6.90. The minimum atomic E-state index is -1.41. The van der Waals surface area contributed by atoms with Crippen LogP contribution in [0.15, 0.2) is 24.3 Å². The lowest BCUT2D eigenvalue weighted by Gasteiger charge is -2.40. The summed E-state index contributed by atoms with van der Waals surface area (Å²) in [5.74, 6) is 3.45. The molecule has 2 atom stereocenters.